The van der Waals surface area contributed by atoms with Gasteiger partial charge in [0.25, 0.3) is 0 Å². The van der Waals surface area contributed by atoms with Gasteiger partial charge in [0.2, 0.25) is 0 Å². The quantitative estimate of drug-likeness (QED) is 0.224. The Bertz CT molecular complexity index is 368. The van der Waals surface area contributed by atoms with Crippen molar-refractivity contribution in [2.75, 3.05) is 0 Å². The van der Waals surface area contributed by atoms with Gasteiger partial charge < -0.3 is 9.47 Å². The fourth-order valence-corrected chi connectivity index (χ4v) is 2.28. The van der Waals surface area contributed by atoms with E-state index in [0.29, 0.717) is 0 Å². The van der Waals surface area contributed by atoms with Crippen molar-refractivity contribution in [1.29, 1.82) is 0 Å². The van der Waals surface area contributed by atoms with Crippen molar-refractivity contribution in [3.63, 3.8) is 0 Å². The Morgan fingerprint density at radius 2 is 1.21 bits per heavy atom. The van der Waals surface area contributed by atoms with Crippen LogP contribution in [0.3, 0.4) is 0 Å². The smallest absolute Gasteiger partial charge is 0.314 e. The van der Waals surface area contributed by atoms with Gasteiger partial charge in [-0.15, -0.1) is 0 Å². The lowest BCUT2D eigenvalue weighted by atomic mass is 10.1. The van der Waals surface area contributed by atoms with Crippen LogP contribution in [0.25, 0.3) is 0 Å². The van der Waals surface area contributed by atoms with Crippen molar-refractivity contribution < 1.29 is 23.9 Å². The third kappa shape index (κ3) is 15.5. The van der Waals surface area contributed by atoms with Gasteiger partial charge in [-0.1, -0.05) is 58.3 Å². The molecule has 6 heteroatoms. The van der Waals surface area contributed by atoms with Crippen molar-refractivity contribution in [2.45, 2.75) is 97.1 Å². The van der Waals surface area contributed by atoms with Gasteiger partial charge in [-0.25, -0.2) is 0 Å². The summed E-state index contributed by atoms with van der Waals surface area (Å²) in [6.07, 6.45) is 9.64. The molecule has 2 N–H and O–H groups in total. The van der Waals surface area contributed by atoms with Crippen molar-refractivity contribution in [3.05, 3.63) is 0 Å². The SMILES string of the molecule is CCCCCCCCCCCC(=O)OC(=O)CCC(=O)OC(C)N. The molecule has 140 valence electrons. The van der Waals surface area contributed by atoms with Crippen molar-refractivity contribution in [2.24, 2.45) is 5.73 Å². The minimum Gasteiger partial charge on any atom is -0.447 e. The normalized spacial score (nSPS) is 11.8. The van der Waals surface area contributed by atoms with Crippen LogP contribution < -0.4 is 5.73 Å². The van der Waals surface area contributed by atoms with Crippen LogP contribution in [0.5, 0.6) is 0 Å². The Labute approximate surface area is 145 Å². The zero-order chi connectivity index (χ0) is 18.2. The van der Waals surface area contributed by atoms with E-state index in [4.69, 9.17) is 5.73 Å². The molecule has 0 heterocycles. The van der Waals surface area contributed by atoms with Crippen molar-refractivity contribution >= 4 is 17.9 Å². The van der Waals surface area contributed by atoms with Crippen LogP contribution in [0.15, 0.2) is 0 Å². The second kappa shape index (κ2) is 15.1. The molecule has 0 aliphatic carbocycles. The Morgan fingerprint density at radius 1 is 0.750 bits per heavy atom. The van der Waals surface area contributed by atoms with Crippen LogP contribution in [0.1, 0.15) is 90.9 Å². The van der Waals surface area contributed by atoms with Crippen LogP contribution in [-0.4, -0.2) is 24.1 Å². The van der Waals surface area contributed by atoms with E-state index in [-0.39, 0.29) is 19.3 Å². The summed E-state index contributed by atoms with van der Waals surface area (Å²) >= 11 is 0. The molecule has 0 aromatic carbocycles. The van der Waals surface area contributed by atoms with Gasteiger partial charge >= 0.3 is 17.9 Å². The highest BCUT2D eigenvalue weighted by Gasteiger charge is 2.13. The lowest BCUT2D eigenvalue weighted by molar-refractivity contribution is -0.162. The highest BCUT2D eigenvalue weighted by Crippen LogP contribution is 2.11. The number of carbonyl (C=O) groups excluding carboxylic acids is 3. The fraction of sp³-hybridized carbons (Fsp3) is 0.833. The minimum atomic E-state index is -0.707. The largest absolute Gasteiger partial charge is 0.447 e. The Balaban J connectivity index is 3.51. The number of rotatable bonds is 14. The maximum atomic E-state index is 11.5. The van der Waals surface area contributed by atoms with E-state index in [1.165, 1.54) is 45.4 Å². The third-order valence-corrected chi connectivity index (χ3v) is 3.56. The van der Waals surface area contributed by atoms with E-state index in [1.807, 2.05) is 0 Å². The second-order valence-corrected chi connectivity index (χ2v) is 6.12. The first-order valence-electron chi connectivity index (χ1n) is 9.14. The zero-order valence-corrected chi connectivity index (χ0v) is 15.2. The van der Waals surface area contributed by atoms with Crippen LogP contribution in [0, 0.1) is 0 Å². The molecule has 0 radical (unpaired) electrons. The number of unbranched alkanes of at least 4 members (excludes halogenated alkanes) is 8. The van der Waals surface area contributed by atoms with Crippen molar-refractivity contribution in [3.8, 4) is 0 Å². The summed E-state index contributed by atoms with van der Waals surface area (Å²) in [5, 5.41) is 0. The summed E-state index contributed by atoms with van der Waals surface area (Å²) in [6, 6.07) is 0. The number of hydrogen-bond acceptors (Lipinski definition) is 6. The molecule has 0 amide bonds. The van der Waals surface area contributed by atoms with Crippen LogP contribution in [-0.2, 0) is 23.9 Å². The van der Waals surface area contributed by atoms with Gasteiger partial charge in [0.05, 0.1) is 12.8 Å². The van der Waals surface area contributed by atoms with E-state index in [1.54, 1.807) is 0 Å². The number of esters is 3. The fourth-order valence-electron chi connectivity index (χ4n) is 2.28. The molecule has 0 aromatic heterocycles. The lowest BCUT2D eigenvalue weighted by Gasteiger charge is -2.07. The molecule has 0 aliphatic heterocycles. The van der Waals surface area contributed by atoms with Crippen LogP contribution in [0.4, 0.5) is 0 Å². The standard InChI is InChI=1S/C18H33NO5/c1-3-4-5-6-7-8-9-10-11-12-16(20)24-18(22)14-13-17(21)23-15(2)19/h15H,3-14,19H2,1-2H3. The topological polar surface area (TPSA) is 95.7 Å². The first-order valence-corrected chi connectivity index (χ1v) is 9.14. The summed E-state index contributed by atoms with van der Waals surface area (Å²) in [5.41, 5.74) is 5.29. The average molecular weight is 343 g/mol. The second-order valence-electron chi connectivity index (χ2n) is 6.12. The maximum Gasteiger partial charge on any atom is 0.314 e. The van der Waals surface area contributed by atoms with E-state index in [2.05, 4.69) is 16.4 Å². The van der Waals surface area contributed by atoms with Gasteiger partial charge in [-0.2, -0.15) is 0 Å². The molecule has 0 aromatic rings. The Kier molecular flexibility index (Phi) is 14.2. The third-order valence-electron chi connectivity index (χ3n) is 3.56. The first kappa shape index (κ1) is 22.6. The molecule has 6 nitrogen and oxygen atoms in total. The molecular formula is C18H33NO5. The summed E-state index contributed by atoms with van der Waals surface area (Å²) in [5.74, 6) is -1.80. The van der Waals surface area contributed by atoms with Gasteiger partial charge in [-0.05, 0) is 13.3 Å². The molecule has 1 unspecified atom stereocenters. The van der Waals surface area contributed by atoms with Gasteiger partial charge in [0, 0.05) is 6.42 Å². The van der Waals surface area contributed by atoms with E-state index >= 15 is 0 Å². The molecule has 1 atom stereocenters. The first-order chi connectivity index (χ1) is 11.5. The molecule has 0 rings (SSSR count). The minimum absolute atomic E-state index is 0.133. The predicted octanol–water partition coefficient (Wildman–Crippen LogP) is 3.61. The Hall–Kier alpha value is -1.43. The number of ether oxygens (including phenoxy) is 2. The number of carbonyl (C=O) groups is 3. The van der Waals surface area contributed by atoms with E-state index in [0.717, 1.165) is 19.3 Å². The summed E-state index contributed by atoms with van der Waals surface area (Å²) in [4.78, 5) is 34.1. The zero-order valence-electron chi connectivity index (χ0n) is 15.2. The molecule has 0 saturated heterocycles. The lowest BCUT2D eigenvalue weighted by Crippen LogP contribution is -2.24. The highest BCUT2D eigenvalue weighted by molar-refractivity contribution is 5.87. The van der Waals surface area contributed by atoms with Crippen LogP contribution in [0.2, 0.25) is 0 Å². The molecule has 24 heavy (non-hydrogen) atoms. The molecule has 0 fully saturated rings. The molecule has 0 saturated carbocycles. The summed E-state index contributed by atoms with van der Waals surface area (Å²) in [6.45, 7) is 3.72. The van der Waals surface area contributed by atoms with Gasteiger partial charge in [0.15, 0.2) is 0 Å². The van der Waals surface area contributed by atoms with E-state index in [9.17, 15) is 14.4 Å². The average Bonchev–Trinajstić information content (AvgIpc) is 2.50. The molecular weight excluding hydrogens is 310 g/mol. The van der Waals surface area contributed by atoms with Gasteiger partial charge in [0.1, 0.15) is 6.23 Å². The number of hydrogen-bond donors (Lipinski definition) is 1. The van der Waals surface area contributed by atoms with Crippen LogP contribution >= 0.6 is 0 Å². The summed E-state index contributed by atoms with van der Waals surface area (Å²) in [7, 11) is 0. The maximum absolute atomic E-state index is 11.5. The molecule has 0 spiro atoms. The monoisotopic (exact) mass is 343 g/mol. The highest BCUT2D eigenvalue weighted by atomic mass is 16.6. The molecule has 0 bridgehead atoms. The molecule has 0 aliphatic rings. The summed E-state index contributed by atoms with van der Waals surface area (Å²) < 4.78 is 9.35. The predicted molar refractivity (Wildman–Crippen MR) is 91.9 cm³/mol. The number of nitrogens with two attached hydrogens (primary N) is 1. The van der Waals surface area contributed by atoms with E-state index < -0.39 is 24.1 Å². The van der Waals surface area contributed by atoms with Crippen molar-refractivity contribution in [1.82, 2.24) is 0 Å². The Morgan fingerprint density at radius 3 is 1.75 bits per heavy atom. The van der Waals surface area contributed by atoms with Gasteiger partial charge in [-0.3, -0.25) is 20.1 Å².